The third-order valence-corrected chi connectivity index (χ3v) is 12.1. The van der Waals surface area contributed by atoms with Gasteiger partial charge in [0.2, 0.25) is 0 Å². The van der Waals surface area contributed by atoms with Gasteiger partial charge in [-0.25, -0.2) is 0 Å². The third kappa shape index (κ3) is 6.35. The topological polar surface area (TPSA) is 26.3 Å². The molecule has 0 aromatic carbocycles. The summed E-state index contributed by atoms with van der Waals surface area (Å²) in [6.45, 7) is 14.9. The maximum absolute atomic E-state index is 12.6. The molecule has 4 aliphatic carbocycles. The Morgan fingerprint density at radius 3 is 2.46 bits per heavy atom. The van der Waals surface area contributed by atoms with Crippen molar-refractivity contribution in [2.45, 2.75) is 157 Å². The van der Waals surface area contributed by atoms with Crippen molar-refractivity contribution in [3.8, 4) is 0 Å². The highest BCUT2D eigenvalue weighted by Crippen LogP contribution is 2.67. The Labute approximate surface area is 230 Å². The molecule has 0 spiro atoms. The van der Waals surface area contributed by atoms with Crippen LogP contribution in [0.15, 0.2) is 11.6 Å². The first-order valence-corrected chi connectivity index (χ1v) is 16.6. The van der Waals surface area contributed by atoms with Gasteiger partial charge >= 0.3 is 5.97 Å². The molecule has 0 aromatic heterocycles. The zero-order chi connectivity index (χ0) is 26.6. The van der Waals surface area contributed by atoms with Crippen LogP contribution in [0.1, 0.15) is 151 Å². The average Bonchev–Trinajstić information content (AvgIpc) is 3.22. The second-order valence-electron chi connectivity index (χ2n) is 14.8. The lowest BCUT2D eigenvalue weighted by Gasteiger charge is -2.58. The lowest BCUT2D eigenvalue weighted by Crippen LogP contribution is -2.51. The van der Waals surface area contributed by atoms with Gasteiger partial charge in [-0.3, -0.25) is 4.79 Å². The fourth-order valence-corrected chi connectivity index (χ4v) is 9.80. The molecule has 0 aromatic rings. The van der Waals surface area contributed by atoms with Crippen LogP contribution < -0.4 is 0 Å². The molecule has 0 amide bonds. The fourth-order valence-electron chi connectivity index (χ4n) is 9.80. The predicted molar refractivity (Wildman–Crippen MR) is 156 cm³/mol. The van der Waals surface area contributed by atoms with E-state index in [-0.39, 0.29) is 12.1 Å². The summed E-state index contributed by atoms with van der Waals surface area (Å²) in [5.74, 6) is 5.32. The Morgan fingerprint density at radius 2 is 1.70 bits per heavy atom. The minimum absolute atomic E-state index is 0.0513. The van der Waals surface area contributed by atoms with Crippen molar-refractivity contribution in [3.05, 3.63) is 11.6 Å². The minimum atomic E-state index is 0.0513. The molecule has 4 rings (SSSR count). The van der Waals surface area contributed by atoms with Crippen LogP contribution in [0.2, 0.25) is 0 Å². The van der Waals surface area contributed by atoms with Gasteiger partial charge in [0.1, 0.15) is 6.10 Å². The van der Waals surface area contributed by atoms with Crippen LogP contribution in [0.3, 0.4) is 0 Å². The van der Waals surface area contributed by atoms with E-state index >= 15 is 0 Å². The summed E-state index contributed by atoms with van der Waals surface area (Å²) in [5.41, 5.74) is 2.54. The molecule has 1 unspecified atom stereocenters. The number of carbonyl (C=O) groups is 1. The smallest absolute Gasteiger partial charge is 0.306 e. The van der Waals surface area contributed by atoms with Crippen LogP contribution in [-0.4, -0.2) is 12.1 Å². The first-order chi connectivity index (χ1) is 17.7. The Hall–Kier alpha value is -0.790. The van der Waals surface area contributed by atoms with Crippen LogP contribution in [0.4, 0.5) is 0 Å². The second kappa shape index (κ2) is 12.6. The van der Waals surface area contributed by atoms with E-state index in [9.17, 15) is 4.79 Å². The molecule has 0 N–H and O–H groups in total. The van der Waals surface area contributed by atoms with E-state index in [1.807, 2.05) is 0 Å². The summed E-state index contributed by atoms with van der Waals surface area (Å²) < 4.78 is 6.03. The molecule has 3 fully saturated rings. The zero-order valence-corrected chi connectivity index (χ0v) is 25.5. The molecule has 2 nitrogen and oxygen atoms in total. The number of allylic oxidation sites excluding steroid dienone is 1. The second-order valence-corrected chi connectivity index (χ2v) is 14.8. The third-order valence-electron chi connectivity index (χ3n) is 12.1. The maximum atomic E-state index is 12.6. The van der Waals surface area contributed by atoms with E-state index in [1.54, 1.807) is 5.57 Å². The molecule has 2 heteroatoms. The van der Waals surface area contributed by atoms with Crippen molar-refractivity contribution in [2.24, 2.45) is 46.3 Å². The van der Waals surface area contributed by atoms with Crippen LogP contribution >= 0.6 is 0 Å². The number of unbranched alkanes of at least 4 members (excludes halogenated alkanes) is 5. The summed E-state index contributed by atoms with van der Waals surface area (Å²) in [4.78, 5) is 12.6. The van der Waals surface area contributed by atoms with Gasteiger partial charge in [0.25, 0.3) is 0 Å². The molecule has 0 bridgehead atoms. The Bertz CT molecular complexity index is 782. The number of hydrogen-bond donors (Lipinski definition) is 0. The van der Waals surface area contributed by atoms with Gasteiger partial charge in [0.15, 0.2) is 0 Å². The standard InChI is InChI=1S/C35H60O2/c1-7-8-9-10-11-12-13-33(36)37-28-20-22-34(5)27(24-28)16-17-29-31-19-18-30(26(4)15-14-25(2)3)35(31,6)23-21-32(29)34/h16,25-26,28-32H,7-15,17-24H2,1-6H3/t26-,28?,29+,30-,31+,32+,34+,35-/m1/s1. The van der Waals surface area contributed by atoms with Crippen molar-refractivity contribution >= 4 is 5.97 Å². The van der Waals surface area contributed by atoms with E-state index in [0.717, 1.165) is 54.8 Å². The molecule has 0 aliphatic heterocycles. The molecule has 8 atom stereocenters. The Morgan fingerprint density at radius 1 is 0.946 bits per heavy atom. The number of rotatable bonds is 12. The number of ether oxygens (including phenoxy) is 1. The largest absolute Gasteiger partial charge is 0.462 e. The lowest BCUT2D eigenvalue weighted by atomic mass is 9.47. The molecular formula is C35H60O2. The Balaban J connectivity index is 1.32. The molecular weight excluding hydrogens is 452 g/mol. The highest BCUT2D eigenvalue weighted by molar-refractivity contribution is 5.69. The van der Waals surface area contributed by atoms with Crippen molar-refractivity contribution in [1.82, 2.24) is 0 Å². The summed E-state index contributed by atoms with van der Waals surface area (Å²) in [7, 11) is 0. The number of esters is 1. The van der Waals surface area contributed by atoms with E-state index in [1.165, 1.54) is 83.5 Å². The van der Waals surface area contributed by atoms with Crippen LogP contribution in [0.25, 0.3) is 0 Å². The molecule has 212 valence electrons. The molecule has 0 saturated heterocycles. The monoisotopic (exact) mass is 512 g/mol. The van der Waals surface area contributed by atoms with Crippen molar-refractivity contribution in [1.29, 1.82) is 0 Å². The molecule has 4 aliphatic rings. The van der Waals surface area contributed by atoms with Gasteiger partial charge in [-0.1, -0.05) is 98.1 Å². The van der Waals surface area contributed by atoms with Gasteiger partial charge in [-0.05, 0) is 97.7 Å². The van der Waals surface area contributed by atoms with Gasteiger partial charge in [-0.2, -0.15) is 0 Å². The predicted octanol–water partition coefficient (Wildman–Crippen LogP) is 10.3. The van der Waals surface area contributed by atoms with Gasteiger partial charge in [0, 0.05) is 12.8 Å². The highest BCUT2D eigenvalue weighted by atomic mass is 16.5. The van der Waals surface area contributed by atoms with Crippen LogP contribution in [0, 0.1) is 46.3 Å². The summed E-state index contributed by atoms with van der Waals surface area (Å²) >= 11 is 0. The first kappa shape index (κ1) is 29.2. The SMILES string of the molecule is CCCCCCCCC(=O)OC1CC[C@@]2(C)C(=CC[C@H]3[C@@H]4CC[C@H]([C@H](C)CCC(C)C)[C@@]4(C)CC[C@@H]32)C1. The van der Waals surface area contributed by atoms with Gasteiger partial charge in [-0.15, -0.1) is 0 Å². The summed E-state index contributed by atoms with van der Waals surface area (Å²) in [5, 5.41) is 0. The average molecular weight is 513 g/mol. The van der Waals surface area contributed by atoms with Gasteiger partial charge in [0.05, 0.1) is 0 Å². The fraction of sp³-hybridized carbons (Fsp3) is 0.914. The molecule has 37 heavy (non-hydrogen) atoms. The van der Waals surface area contributed by atoms with Crippen LogP contribution in [0.5, 0.6) is 0 Å². The quantitative estimate of drug-likeness (QED) is 0.148. The van der Waals surface area contributed by atoms with E-state index in [4.69, 9.17) is 4.74 Å². The first-order valence-electron chi connectivity index (χ1n) is 16.6. The number of fused-ring (bicyclic) bond motifs is 5. The summed E-state index contributed by atoms with van der Waals surface area (Å²) in [6, 6.07) is 0. The molecule has 0 radical (unpaired) electrons. The van der Waals surface area contributed by atoms with E-state index in [2.05, 4.69) is 47.6 Å². The lowest BCUT2D eigenvalue weighted by molar-refractivity contribution is -0.151. The summed E-state index contributed by atoms with van der Waals surface area (Å²) in [6.07, 6.45) is 23.8. The normalized spacial score (nSPS) is 37.9. The van der Waals surface area contributed by atoms with Crippen LogP contribution in [-0.2, 0) is 9.53 Å². The number of carbonyl (C=O) groups excluding carboxylic acids is 1. The minimum Gasteiger partial charge on any atom is -0.462 e. The van der Waals surface area contributed by atoms with Crippen molar-refractivity contribution < 1.29 is 9.53 Å². The van der Waals surface area contributed by atoms with Gasteiger partial charge < -0.3 is 4.74 Å². The highest BCUT2D eigenvalue weighted by Gasteiger charge is 2.59. The van der Waals surface area contributed by atoms with E-state index < -0.39 is 0 Å². The zero-order valence-electron chi connectivity index (χ0n) is 25.5. The number of hydrogen-bond acceptors (Lipinski definition) is 2. The maximum Gasteiger partial charge on any atom is 0.306 e. The Kier molecular flexibility index (Phi) is 9.94. The molecule has 0 heterocycles. The van der Waals surface area contributed by atoms with E-state index in [0.29, 0.717) is 17.3 Å². The van der Waals surface area contributed by atoms with Crippen molar-refractivity contribution in [2.75, 3.05) is 0 Å². The molecule has 3 saturated carbocycles. The van der Waals surface area contributed by atoms with Crippen molar-refractivity contribution in [3.63, 3.8) is 0 Å².